The maximum absolute atomic E-state index is 6.32. The van der Waals surface area contributed by atoms with Gasteiger partial charge in [0.05, 0.1) is 29.8 Å². The maximum Gasteiger partial charge on any atom is 0.121 e. The molecular formula is C19H28Cl2N4O. The summed E-state index contributed by atoms with van der Waals surface area (Å²) in [6, 6.07) is 7.74. The topological polar surface area (TPSA) is 53.2 Å². The minimum atomic E-state index is 0. The second-order valence-electron chi connectivity index (χ2n) is 7.99. The molecule has 2 aromatic rings. The number of halogens is 2. The number of morpholine rings is 1. The minimum Gasteiger partial charge on any atom is -0.372 e. The number of aryl methyl sites for hydroxylation is 1. The number of fused-ring (bicyclic) bond motifs is 3. The molecule has 0 amide bonds. The molecule has 7 heteroatoms. The van der Waals surface area contributed by atoms with Gasteiger partial charge in [-0.1, -0.05) is 6.07 Å². The van der Waals surface area contributed by atoms with Crippen molar-refractivity contribution in [2.45, 2.75) is 56.8 Å². The number of nitrogens with one attached hydrogen (secondary N) is 2. The van der Waals surface area contributed by atoms with Crippen molar-refractivity contribution >= 4 is 35.8 Å². The van der Waals surface area contributed by atoms with Gasteiger partial charge in [-0.05, 0) is 50.3 Å². The molecule has 3 aliphatic rings. The van der Waals surface area contributed by atoms with Gasteiger partial charge >= 0.3 is 0 Å². The Kier molecular flexibility index (Phi) is 5.85. The first kappa shape index (κ1) is 19.9. The Morgan fingerprint density at radius 3 is 2.77 bits per heavy atom. The van der Waals surface area contributed by atoms with E-state index in [0.29, 0.717) is 12.1 Å². The van der Waals surface area contributed by atoms with Crippen LogP contribution in [0.1, 0.15) is 37.1 Å². The van der Waals surface area contributed by atoms with Gasteiger partial charge in [-0.15, -0.1) is 24.8 Å². The van der Waals surface area contributed by atoms with Crippen molar-refractivity contribution in [2.75, 3.05) is 19.7 Å². The van der Waals surface area contributed by atoms with Gasteiger partial charge in [-0.25, -0.2) is 4.98 Å². The Labute approximate surface area is 167 Å². The molecule has 0 saturated carbocycles. The third kappa shape index (κ3) is 3.73. The van der Waals surface area contributed by atoms with Gasteiger partial charge in [-0.2, -0.15) is 0 Å². The lowest BCUT2D eigenvalue weighted by molar-refractivity contribution is -0.133. The van der Waals surface area contributed by atoms with Gasteiger partial charge < -0.3 is 15.0 Å². The second kappa shape index (κ2) is 7.64. The summed E-state index contributed by atoms with van der Waals surface area (Å²) in [7, 11) is 0. The quantitative estimate of drug-likeness (QED) is 0.815. The Morgan fingerprint density at radius 2 is 2.00 bits per heavy atom. The molecule has 4 heterocycles. The summed E-state index contributed by atoms with van der Waals surface area (Å²) in [4.78, 5) is 10.8. The summed E-state index contributed by atoms with van der Waals surface area (Å²) in [5.74, 6) is 1.07. The number of benzene rings is 1. The molecule has 1 aromatic heterocycles. The van der Waals surface area contributed by atoms with Gasteiger partial charge in [0.1, 0.15) is 5.82 Å². The molecule has 1 unspecified atom stereocenters. The third-order valence-corrected chi connectivity index (χ3v) is 5.96. The van der Waals surface area contributed by atoms with E-state index in [4.69, 9.17) is 9.72 Å². The minimum absolute atomic E-state index is 0. The van der Waals surface area contributed by atoms with Crippen molar-refractivity contribution in [3.05, 3.63) is 29.6 Å². The molecule has 3 saturated heterocycles. The zero-order valence-electron chi connectivity index (χ0n) is 15.2. The van der Waals surface area contributed by atoms with E-state index in [-0.39, 0.29) is 30.4 Å². The maximum atomic E-state index is 6.32. The smallest absolute Gasteiger partial charge is 0.121 e. The first-order valence-electron chi connectivity index (χ1n) is 9.25. The number of H-pyrrole nitrogens is 1. The van der Waals surface area contributed by atoms with Gasteiger partial charge in [0.15, 0.2) is 0 Å². The number of imidazole rings is 1. The largest absolute Gasteiger partial charge is 0.372 e. The van der Waals surface area contributed by atoms with Crippen LogP contribution < -0.4 is 5.32 Å². The Bertz CT molecular complexity index is 753. The van der Waals surface area contributed by atoms with Crippen molar-refractivity contribution in [1.29, 1.82) is 0 Å². The van der Waals surface area contributed by atoms with Crippen LogP contribution >= 0.6 is 24.8 Å². The summed E-state index contributed by atoms with van der Waals surface area (Å²) < 4.78 is 6.32. The van der Waals surface area contributed by atoms with Crippen molar-refractivity contribution < 1.29 is 4.74 Å². The van der Waals surface area contributed by atoms with E-state index in [0.717, 1.165) is 43.1 Å². The van der Waals surface area contributed by atoms with Gasteiger partial charge in [0.25, 0.3) is 0 Å². The van der Waals surface area contributed by atoms with Crippen LogP contribution in [0.5, 0.6) is 0 Å². The highest BCUT2D eigenvalue weighted by atomic mass is 35.5. The highest BCUT2D eigenvalue weighted by molar-refractivity contribution is 5.85. The molecule has 1 aromatic carbocycles. The molecular weight excluding hydrogens is 371 g/mol. The highest BCUT2D eigenvalue weighted by Gasteiger charge is 2.46. The number of ether oxygens (including phenoxy) is 1. The molecule has 2 bridgehead atoms. The van der Waals surface area contributed by atoms with E-state index < -0.39 is 0 Å². The first-order chi connectivity index (χ1) is 11.7. The molecule has 3 atom stereocenters. The normalized spacial score (nSPS) is 31.0. The van der Waals surface area contributed by atoms with Crippen molar-refractivity contribution in [2.24, 2.45) is 0 Å². The molecule has 2 N–H and O–H groups in total. The number of nitrogens with zero attached hydrogens (tertiary/aromatic N) is 2. The molecule has 0 aliphatic carbocycles. The molecule has 3 aliphatic heterocycles. The number of aromatic nitrogens is 2. The zero-order valence-corrected chi connectivity index (χ0v) is 16.8. The van der Waals surface area contributed by atoms with E-state index in [1.54, 1.807) is 0 Å². The van der Waals surface area contributed by atoms with Crippen molar-refractivity contribution in [1.82, 2.24) is 20.2 Å². The average molecular weight is 399 g/mol. The SMILES string of the molecule is Cc1ccc2nc(CN3CCOC4(C[C@H]5CC[C@@H](C4)N5)C3)[nH]c2c1.Cl.Cl. The number of piperidine rings is 1. The van der Waals surface area contributed by atoms with Crippen LogP contribution in [0.25, 0.3) is 11.0 Å². The van der Waals surface area contributed by atoms with Crippen LogP contribution in [-0.2, 0) is 11.3 Å². The first-order valence-corrected chi connectivity index (χ1v) is 9.25. The number of rotatable bonds is 2. The van der Waals surface area contributed by atoms with Crippen molar-refractivity contribution in [3.8, 4) is 0 Å². The molecule has 0 radical (unpaired) electrons. The fraction of sp³-hybridized carbons (Fsp3) is 0.632. The third-order valence-electron chi connectivity index (χ3n) is 5.96. The monoisotopic (exact) mass is 398 g/mol. The average Bonchev–Trinajstić information content (AvgIpc) is 3.09. The summed E-state index contributed by atoms with van der Waals surface area (Å²) >= 11 is 0. The Balaban J connectivity index is 0.000000980. The molecule has 26 heavy (non-hydrogen) atoms. The predicted octanol–water partition coefficient (Wildman–Crippen LogP) is 3.20. The van der Waals surface area contributed by atoms with E-state index >= 15 is 0 Å². The summed E-state index contributed by atoms with van der Waals surface area (Å²) in [5, 5.41) is 3.73. The Morgan fingerprint density at radius 1 is 1.23 bits per heavy atom. The van der Waals surface area contributed by atoms with Gasteiger partial charge in [0.2, 0.25) is 0 Å². The fourth-order valence-electron chi connectivity index (χ4n) is 4.97. The lowest BCUT2D eigenvalue weighted by atomic mass is 9.86. The van der Waals surface area contributed by atoms with E-state index in [1.165, 1.54) is 31.2 Å². The van der Waals surface area contributed by atoms with Crippen LogP contribution in [0.15, 0.2) is 18.2 Å². The van der Waals surface area contributed by atoms with Crippen LogP contribution in [0.3, 0.4) is 0 Å². The van der Waals surface area contributed by atoms with Gasteiger partial charge in [0, 0.05) is 25.2 Å². The number of hydrogen-bond donors (Lipinski definition) is 2. The Hall–Kier alpha value is -0.850. The standard InChI is InChI=1S/C19H26N4O.2ClH/c1-13-2-5-16-17(8-13)22-18(21-16)11-23-6-7-24-19(12-23)9-14-3-4-15(10-19)20-14;;/h2,5,8,14-15,20H,3-4,6-7,9-12H2,1H3,(H,21,22);2*1H/t14-,15+,19?;;. The van der Waals surface area contributed by atoms with E-state index in [2.05, 4.69) is 40.3 Å². The van der Waals surface area contributed by atoms with Crippen LogP contribution in [0, 0.1) is 6.92 Å². The lowest BCUT2D eigenvalue weighted by Gasteiger charge is -2.47. The lowest BCUT2D eigenvalue weighted by Crippen LogP contribution is -2.58. The number of hydrogen-bond acceptors (Lipinski definition) is 4. The highest BCUT2D eigenvalue weighted by Crippen LogP contribution is 2.38. The molecule has 3 fully saturated rings. The summed E-state index contributed by atoms with van der Waals surface area (Å²) in [5.41, 5.74) is 3.55. The van der Waals surface area contributed by atoms with Crippen LogP contribution in [0.2, 0.25) is 0 Å². The van der Waals surface area contributed by atoms with Crippen LogP contribution in [0.4, 0.5) is 0 Å². The van der Waals surface area contributed by atoms with Gasteiger partial charge in [-0.3, -0.25) is 4.90 Å². The molecule has 5 rings (SSSR count). The zero-order chi connectivity index (χ0) is 16.1. The number of aromatic amines is 1. The predicted molar refractivity (Wildman–Crippen MR) is 108 cm³/mol. The fourth-order valence-corrected chi connectivity index (χ4v) is 4.97. The second-order valence-corrected chi connectivity index (χ2v) is 7.99. The summed E-state index contributed by atoms with van der Waals surface area (Å²) in [6.07, 6.45) is 4.97. The molecule has 5 nitrogen and oxygen atoms in total. The summed E-state index contributed by atoms with van der Waals surface area (Å²) in [6.45, 7) is 5.90. The van der Waals surface area contributed by atoms with E-state index in [9.17, 15) is 0 Å². The van der Waals surface area contributed by atoms with Crippen molar-refractivity contribution in [3.63, 3.8) is 0 Å². The molecule has 1 spiro atoms. The molecule has 144 valence electrons. The van der Waals surface area contributed by atoms with Crippen LogP contribution in [-0.4, -0.2) is 52.2 Å². The van der Waals surface area contributed by atoms with E-state index in [1.807, 2.05) is 0 Å².